The molecule has 0 aliphatic carbocycles. The van der Waals surface area contributed by atoms with E-state index in [4.69, 9.17) is 16.3 Å². The van der Waals surface area contributed by atoms with Crippen LogP contribution in [-0.4, -0.2) is 53.1 Å². The first-order valence-electron chi connectivity index (χ1n) is 5.61. The fraction of sp³-hybridized carbons (Fsp3) is 0.700. The number of nitrogens with one attached hydrogen (secondary N) is 1. The summed E-state index contributed by atoms with van der Waals surface area (Å²) < 4.78 is 4.91. The number of hydrogen-bond acceptors (Lipinski definition) is 6. The van der Waals surface area contributed by atoms with E-state index in [0.717, 1.165) is 26.2 Å². The largest absolute Gasteiger partial charge is 0.467 e. The minimum Gasteiger partial charge on any atom is -0.467 e. The zero-order valence-electron chi connectivity index (χ0n) is 10.4. The van der Waals surface area contributed by atoms with Crippen molar-refractivity contribution in [3.05, 3.63) is 5.28 Å². The highest BCUT2D eigenvalue weighted by molar-refractivity contribution is 6.28. The molecule has 0 bridgehead atoms. The van der Waals surface area contributed by atoms with Crippen LogP contribution in [0.15, 0.2) is 0 Å². The SMILES string of the molecule is CCN(CC)CCNc1nc(Cl)nc(OC)n1. The molecule has 0 saturated heterocycles. The van der Waals surface area contributed by atoms with Gasteiger partial charge in [-0.05, 0) is 24.7 Å². The molecular weight excluding hydrogens is 242 g/mol. The van der Waals surface area contributed by atoms with Gasteiger partial charge in [-0.1, -0.05) is 13.8 Å². The summed E-state index contributed by atoms with van der Waals surface area (Å²) in [4.78, 5) is 14.1. The average molecular weight is 260 g/mol. The van der Waals surface area contributed by atoms with Crippen molar-refractivity contribution in [3.63, 3.8) is 0 Å². The summed E-state index contributed by atoms with van der Waals surface area (Å²) >= 11 is 5.73. The minimum atomic E-state index is 0.127. The Labute approximate surface area is 106 Å². The maximum Gasteiger partial charge on any atom is 0.322 e. The van der Waals surface area contributed by atoms with Gasteiger partial charge < -0.3 is 15.0 Å². The number of halogens is 1. The molecular formula is C10H18ClN5O. The second-order valence-corrected chi connectivity index (χ2v) is 3.71. The molecule has 1 heterocycles. The number of anilines is 1. The molecule has 0 radical (unpaired) electrons. The number of rotatable bonds is 7. The number of likely N-dealkylation sites (N-methyl/N-ethyl adjacent to an activating group) is 1. The lowest BCUT2D eigenvalue weighted by atomic mass is 10.4. The maximum atomic E-state index is 5.73. The number of aromatic nitrogens is 3. The molecule has 0 aliphatic heterocycles. The van der Waals surface area contributed by atoms with Crippen LogP contribution in [-0.2, 0) is 0 Å². The molecule has 0 saturated carbocycles. The molecule has 0 aliphatic rings. The van der Waals surface area contributed by atoms with Gasteiger partial charge in [-0.15, -0.1) is 0 Å². The second-order valence-electron chi connectivity index (χ2n) is 3.37. The van der Waals surface area contributed by atoms with Crippen LogP contribution in [0, 0.1) is 0 Å². The molecule has 1 N–H and O–H groups in total. The van der Waals surface area contributed by atoms with E-state index in [1.165, 1.54) is 7.11 Å². The van der Waals surface area contributed by atoms with E-state index in [1.807, 2.05) is 0 Å². The highest BCUT2D eigenvalue weighted by atomic mass is 35.5. The van der Waals surface area contributed by atoms with Gasteiger partial charge in [0.2, 0.25) is 11.2 Å². The molecule has 7 heteroatoms. The van der Waals surface area contributed by atoms with Crippen LogP contribution in [0.4, 0.5) is 5.95 Å². The Morgan fingerprint density at radius 1 is 1.24 bits per heavy atom. The Morgan fingerprint density at radius 2 is 1.94 bits per heavy atom. The van der Waals surface area contributed by atoms with Crippen molar-refractivity contribution in [1.29, 1.82) is 0 Å². The van der Waals surface area contributed by atoms with Gasteiger partial charge in [0.25, 0.3) is 0 Å². The summed E-state index contributed by atoms with van der Waals surface area (Å²) in [7, 11) is 1.49. The summed E-state index contributed by atoms with van der Waals surface area (Å²) in [5.41, 5.74) is 0. The van der Waals surface area contributed by atoms with Crippen molar-refractivity contribution in [2.75, 3.05) is 38.6 Å². The lowest BCUT2D eigenvalue weighted by Crippen LogP contribution is -2.29. The molecule has 0 aromatic carbocycles. The van der Waals surface area contributed by atoms with Gasteiger partial charge in [-0.25, -0.2) is 0 Å². The van der Waals surface area contributed by atoms with Gasteiger partial charge >= 0.3 is 6.01 Å². The van der Waals surface area contributed by atoms with Crippen molar-refractivity contribution in [2.45, 2.75) is 13.8 Å². The predicted octanol–water partition coefficient (Wildman–Crippen LogP) is 1.29. The maximum absolute atomic E-state index is 5.73. The molecule has 96 valence electrons. The summed E-state index contributed by atoms with van der Waals surface area (Å²) in [5.74, 6) is 0.439. The fourth-order valence-corrected chi connectivity index (χ4v) is 1.52. The molecule has 0 unspecified atom stereocenters. The molecule has 1 aromatic rings. The molecule has 0 spiro atoms. The third-order valence-corrected chi connectivity index (χ3v) is 2.54. The predicted molar refractivity (Wildman–Crippen MR) is 67.7 cm³/mol. The van der Waals surface area contributed by atoms with Gasteiger partial charge in [0.1, 0.15) is 0 Å². The second kappa shape index (κ2) is 7.24. The van der Waals surface area contributed by atoms with Crippen molar-refractivity contribution in [1.82, 2.24) is 19.9 Å². The van der Waals surface area contributed by atoms with Crippen LogP contribution in [0.2, 0.25) is 5.28 Å². The molecule has 0 amide bonds. The van der Waals surface area contributed by atoms with Gasteiger partial charge in [0, 0.05) is 13.1 Å². The monoisotopic (exact) mass is 259 g/mol. The van der Waals surface area contributed by atoms with Gasteiger partial charge in [0.15, 0.2) is 0 Å². The summed E-state index contributed by atoms with van der Waals surface area (Å²) in [5, 5.41) is 3.22. The summed E-state index contributed by atoms with van der Waals surface area (Å²) in [6, 6.07) is 0.218. The quantitative estimate of drug-likeness (QED) is 0.796. The van der Waals surface area contributed by atoms with Crippen LogP contribution in [0.1, 0.15) is 13.8 Å². The summed E-state index contributed by atoms with van der Waals surface area (Å²) in [6.45, 7) is 8.00. The molecule has 17 heavy (non-hydrogen) atoms. The molecule has 0 fully saturated rings. The average Bonchev–Trinajstić information content (AvgIpc) is 2.34. The zero-order valence-corrected chi connectivity index (χ0v) is 11.2. The van der Waals surface area contributed by atoms with E-state index >= 15 is 0 Å². The first-order chi connectivity index (χ1) is 8.19. The van der Waals surface area contributed by atoms with Crippen molar-refractivity contribution in [2.24, 2.45) is 0 Å². The number of methoxy groups -OCH3 is 1. The van der Waals surface area contributed by atoms with Gasteiger partial charge in [0.05, 0.1) is 7.11 Å². The highest BCUT2D eigenvalue weighted by Gasteiger charge is 2.05. The van der Waals surface area contributed by atoms with E-state index in [-0.39, 0.29) is 11.3 Å². The summed E-state index contributed by atoms with van der Waals surface area (Å²) in [6.07, 6.45) is 0. The number of nitrogens with zero attached hydrogens (tertiary/aromatic N) is 4. The number of ether oxygens (including phenoxy) is 1. The number of hydrogen-bond donors (Lipinski definition) is 1. The van der Waals surface area contributed by atoms with Crippen molar-refractivity contribution in [3.8, 4) is 6.01 Å². The van der Waals surface area contributed by atoms with E-state index < -0.39 is 0 Å². The Hall–Kier alpha value is -1.14. The highest BCUT2D eigenvalue weighted by Crippen LogP contribution is 2.10. The Bertz CT molecular complexity index is 345. The van der Waals surface area contributed by atoms with E-state index in [9.17, 15) is 0 Å². The third-order valence-electron chi connectivity index (χ3n) is 2.38. The topological polar surface area (TPSA) is 63.2 Å². The van der Waals surface area contributed by atoms with Crippen LogP contribution in [0.3, 0.4) is 0 Å². The van der Waals surface area contributed by atoms with E-state index in [1.54, 1.807) is 0 Å². The molecule has 1 rings (SSSR count). The zero-order chi connectivity index (χ0) is 12.7. The Morgan fingerprint density at radius 3 is 2.53 bits per heavy atom. The first kappa shape index (κ1) is 13.9. The molecule has 1 aromatic heterocycles. The Kier molecular flexibility index (Phi) is 5.93. The smallest absolute Gasteiger partial charge is 0.322 e. The van der Waals surface area contributed by atoms with E-state index in [0.29, 0.717) is 5.95 Å². The van der Waals surface area contributed by atoms with Gasteiger partial charge in [-0.2, -0.15) is 15.0 Å². The normalized spacial score (nSPS) is 10.6. The first-order valence-corrected chi connectivity index (χ1v) is 5.99. The van der Waals surface area contributed by atoms with Crippen molar-refractivity contribution < 1.29 is 4.74 Å². The fourth-order valence-electron chi connectivity index (χ4n) is 1.37. The van der Waals surface area contributed by atoms with Crippen LogP contribution < -0.4 is 10.1 Å². The van der Waals surface area contributed by atoms with Crippen LogP contribution in [0.5, 0.6) is 6.01 Å². The standard InChI is InChI=1S/C10H18ClN5O/c1-4-16(5-2)7-6-12-9-13-8(11)14-10(15-9)17-3/h4-7H2,1-3H3,(H,12,13,14,15). The van der Waals surface area contributed by atoms with Crippen LogP contribution >= 0.6 is 11.6 Å². The lowest BCUT2D eigenvalue weighted by Gasteiger charge is -2.17. The third kappa shape index (κ3) is 4.70. The van der Waals surface area contributed by atoms with Gasteiger partial charge in [-0.3, -0.25) is 0 Å². The van der Waals surface area contributed by atoms with Crippen LogP contribution in [0.25, 0.3) is 0 Å². The lowest BCUT2D eigenvalue weighted by molar-refractivity contribution is 0.315. The minimum absolute atomic E-state index is 0.127. The molecule has 0 atom stereocenters. The Balaban J connectivity index is 2.48. The molecule has 6 nitrogen and oxygen atoms in total. The van der Waals surface area contributed by atoms with Crippen molar-refractivity contribution >= 4 is 17.5 Å². The van der Waals surface area contributed by atoms with E-state index in [2.05, 4.69) is 39.0 Å².